The highest BCUT2D eigenvalue weighted by Gasteiger charge is 2.13. The molecule has 5 heteroatoms. The van der Waals surface area contributed by atoms with Gasteiger partial charge in [-0.2, -0.15) is 0 Å². The number of alkyl halides is 1. The standard InChI is InChI=1S/C10H11Cl2NO2/c1-6(5-11)13-10(15)8-3-2-7(12)4-9(8)14/h2-4,6,14H,5H2,1H3,(H,13,15). The Kier molecular flexibility index (Phi) is 4.24. The fourth-order valence-corrected chi connectivity index (χ4v) is 1.28. The fraction of sp³-hybridized carbons (Fsp3) is 0.300. The average Bonchev–Trinajstić information content (AvgIpc) is 2.17. The maximum Gasteiger partial charge on any atom is 0.255 e. The van der Waals surface area contributed by atoms with Crippen molar-refractivity contribution in [2.24, 2.45) is 0 Å². The van der Waals surface area contributed by atoms with E-state index in [0.29, 0.717) is 10.9 Å². The molecule has 1 aromatic rings. The molecule has 1 rings (SSSR count). The van der Waals surface area contributed by atoms with Gasteiger partial charge in [-0.05, 0) is 25.1 Å². The summed E-state index contributed by atoms with van der Waals surface area (Å²) < 4.78 is 0. The number of rotatable bonds is 3. The zero-order valence-corrected chi connectivity index (χ0v) is 9.64. The number of amides is 1. The van der Waals surface area contributed by atoms with Crippen LogP contribution in [0, 0.1) is 0 Å². The lowest BCUT2D eigenvalue weighted by Gasteiger charge is -2.11. The monoisotopic (exact) mass is 247 g/mol. The summed E-state index contributed by atoms with van der Waals surface area (Å²) in [5.41, 5.74) is 0.191. The van der Waals surface area contributed by atoms with Crippen LogP contribution < -0.4 is 5.32 Å². The predicted octanol–water partition coefficient (Wildman–Crippen LogP) is 2.40. The van der Waals surface area contributed by atoms with Gasteiger partial charge in [0.25, 0.3) is 5.91 Å². The number of hydrogen-bond acceptors (Lipinski definition) is 2. The maximum absolute atomic E-state index is 11.6. The zero-order chi connectivity index (χ0) is 11.4. The number of benzene rings is 1. The molecule has 0 bridgehead atoms. The van der Waals surface area contributed by atoms with Crippen LogP contribution in [0.3, 0.4) is 0 Å². The highest BCUT2D eigenvalue weighted by molar-refractivity contribution is 6.30. The van der Waals surface area contributed by atoms with Crippen LogP contribution in [0.4, 0.5) is 0 Å². The van der Waals surface area contributed by atoms with Gasteiger partial charge in [0.05, 0.1) is 5.56 Å². The second kappa shape index (κ2) is 5.24. The smallest absolute Gasteiger partial charge is 0.255 e. The molecule has 1 aromatic carbocycles. The lowest BCUT2D eigenvalue weighted by molar-refractivity contribution is 0.0941. The molecule has 1 atom stereocenters. The molecular weight excluding hydrogens is 237 g/mol. The first-order valence-electron chi connectivity index (χ1n) is 4.40. The number of nitrogens with one attached hydrogen (secondary N) is 1. The quantitative estimate of drug-likeness (QED) is 0.807. The zero-order valence-electron chi connectivity index (χ0n) is 8.13. The summed E-state index contributed by atoms with van der Waals surface area (Å²) in [6.45, 7) is 1.78. The molecule has 0 saturated carbocycles. The van der Waals surface area contributed by atoms with E-state index in [9.17, 15) is 9.90 Å². The molecule has 2 N–H and O–H groups in total. The van der Waals surface area contributed by atoms with Crippen LogP contribution in [0.25, 0.3) is 0 Å². The summed E-state index contributed by atoms with van der Waals surface area (Å²) in [4.78, 5) is 11.6. The van der Waals surface area contributed by atoms with Crippen LogP contribution in [0.1, 0.15) is 17.3 Å². The van der Waals surface area contributed by atoms with Gasteiger partial charge in [0.2, 0.25) is 0 Å². The molecule has 0 saturated heterocycles. The van der Waals surface area contributed by atoms with Crippen LogP contribution in [-0.4, -0.2) is 22.9 Å². The van der Waals surface area contributed by atoms with E-state index in [2.05, 4.69) is 5.32 Å². The predicted molar refractivity (Wildman–Crippen MR) is 60.8 cm³/mol. The van der Waals surface area contributed by atoms with E-state index >= 15 is 0 Å². The Morgan fingerprint density at radius 3 is 2.80 bits per heavy atom. The van der Waals surface area contributed by atoms with Crippen LogP contribution in [-0.2, 0) is 0 Å². The molecule has 15 heavy (non-hydrogen) atoms. The molecule has 0 aliphatic rings. The average molecular weight is 248 g/mol. The fourth-order valence-electron chi connectivity index (χ4n) is 1.04. The molecule has 1 unspecified atom stereocenters. The summed E-state index contributed by atoms with van der Waals surface area (Å²) in [6, 6.07) is 4.19. The number of phenols is 1. The maximum atomic E-state index is 11.6. The third-order valence-corrected chi connectivity index (χ3v) is 2.51. The van der Waals surface area contributed by atoms with Crippen molar-refractivity contribution in [1.29, 1.82) is 0 Å². The second-order valence-corrected chi connectivity index (χ2v) is 3.94. The van der Waals surface area contributed by atoms with Crippen LogP contribution >= 0.6 is 23.2 Å². The van der Waals surface area contributed by atoms with E-state index in [1.54, 1.807) is 13.0 Å². The van der Waals surface area contributed by atoms with Crippen LogP contribution in [0.15, 0.2) is 18.2 Å². The third-order valence-electron chi connectivity index (χ3n) is 1.81. The molecule has 82 valence electrons. The first-order valence-corrected chi connectivity index (χ1v) is 5.31. The van der Waals surface area contributed by atoms with Gasteiger partial charge in [0.1, 0.15) is 5.75 Å². The Morgan fingerprint density at radius 2 is 2.27 bits per heavy atom. The highest BCUT2D eigenvalue weighted by Crippen LogP contribution is 2.21. The minimum Gasteiger partial charge on any atom is -0.507 e. The van der Waals surface area contributed by atoms with E-state index < -0.39 is 0 Å². The van der Waals surface area contributed by atoms with Gasteiger partial charge >= 0.3 is 0 Å². The Hall–Kier alpha value is -0.930. The number of halogens is 2. The van der Waals surface area contributed by atoms with Crippen LogP contribution in [0.5, 0.6) is 5.75 Å². The van der Waals surface area contributed by atoms with Crippen molar-refractivity contribution in [3.8, 4) is 5.75 Å². The van der Waals surface area contributed by atoms with Gasteiger partial charge in [-0.1, -0.05) is 11.6 Å². The highest BCUT2D eigenvalue weighted by atomic mass is 35.5. The summed E-state index contributed by atoms with van der Waals surface area (Å²) in [7, 11) is 0. The van der Waals surface area contributed by atoms with E-state index in [4.69, 9.17) is 23.2 Å². The minimum atomic E-state index is -0.364. The number of hydrogen-bond donors (Lipinski definition) is 2. The van der Waals surface area contributed by atoms with Gasteiger partial charge in [-0.25, -0.2) is 0 Å². The van der Waals surface area contributed by atoms with Crippen LogP contribution in [0.2, 0.25) is 5.02 Å². The third kappa shape index (κ3) is 3.29. The van der Waals surface area contributed by atoms with Gasteiger partial charge in [0, 0.05) is 16.9 Å². The van der Waals surface area contributed by atoms with Crippen molar-refractivity contribution in [2.45, 2.75) is 13.0 Å². The van der Waals surface area contributed by atoms with Crippen molar-refractivity contribution in [3.05, 3.63) is 28.8 Å². The summed E-state index contributed by atoms with van der Waals surface area (Å²) >= 11 is 11.2. The molecule has 0 aromatic heterocycles. The lowest BCUT2D eigenvalue weighted by Crippen LogP contribution is -2.33. The summed E-state index contributed by atoms with van der Waals surface area (Å²) in [5.74, 6) is -0.181. The molecule has 0 aliphatic heterocycles. The lowest BCUT2D eigenvalue weighted by atomic mass is 10.2. The van der Waals surface area contributed by atoms with E-state index in [1.165, 1.54) is 12.1 Å². The topological polar surface area (TPSA) is 49.3 Å². The van der Waals surface area contributed by atoms with Crippen molar-refractivity contribution in [3.63, 3.8) is 0 Å². The number of carbonyl (C=O) groups is 1. The summed E-state index contributed by atoms with van der Waals surface area (Å²) in [6.07, 6.45) is 0. The number of carbonyl (C=O) groups excluding carboxylic acids is 1. The van der Waals surface area contributed by atoms with Crippen molar-refractivity contribution in [2.75, 3.05) is 5.88 Å². The molecule has 1 amide bonds. The minimum absolute atomic E-state index is 0.137. The largest absolute Gasteiger partial charge is 0.507 e. The Morgan fingerprint density at radius 1 is 1.60 bits per heavy atom. The number of phenolic OH excluding ortho intramolecular Hbond substituents is 1. The molecule has 0 fully saturated rings. The van der Waals surface area contributed by atoms with Gasteiger partial charge in [0.15, 0.2) is 0 Å². The van der Waals surface area contributed by atoms with Crippen molar-refractivity contribution in [1.82, 2.24) is 5.32 Å². The van der Waals surface area contributed by atoms with E-state index in [-0.39, 0.29) is 23.3 Å². The molecule has 0 radical (unpaired) electrons. The Labute approximate surface area is 98.0 Å². The van der Waals surface area contributed by atoms with Crippen molar-refractivity contribution < 1.29 is 9.90 Å². The first kappa shape index (κ1) is 12.1. The molecule has 0 heterocycles. The van der Waals surface area contributed by atoms with Gasteiger partial charge in [-0.3, -0.25) is 4.79 Å². The Balaban J connectivity index is 2.82. The van der Waals surface area contributed by atoms with Crippen molar-refractivity contribution >= 4 is 29.1 Å². The number of aromatic hydroxyl groups is 1. The first-order chi connectivity index (χ1) is 7.04. The van der Waals surface area contributed by atoms with Gasteiger partial charge < -0.3 is 10.4 Å². The van der Waals surface area contributed by atoms with E-state index in [1.807, 2.05) is 0 Å². The SMILES string of the molecule is CC(CCl)NC(=O)c1ccc(Cl)cc1O. The molecule has 0 spiro atoms. The van der Waals surface area contributed by atoms with E-state index in [0.717, 1.165) is 0 Å². The normalized spacial score (nSPS) is 12.2. The molecule has 3 nitrogen and oxygen atoms in total. The summed E-state index contributed by atoms with van der Waals surface area (Å²) in [5, 5.41) is 12.5. The second-order valence-electron chi connectivity index (χ2n) is 3.19. The molecule has 0 aliphatic carbocycles. The Bertz CT molecular complexity index is 368. The molecular formula is C10H11Cl2NO2. The van der Waals surface area contributed by atoms with Gasteiger partial charge in [-0.15, -0.1) is 11.6 Å².